The van der Waals surface area contributed by atoms with Gasteiger partial charge in [0.25, 0.3) is 0 Å². The predicted molar refractivity (Wildman–Crippen MR) is 231 cm³/mol. The van der Waals surface area contributed by atoms with Crippen LogP contribution in [0.2, 0.25) is 0 Å². The molecule has 9 aromatic carbocycles. The topological polar surface area (TPSA) is 21.3 Å². The number of hydrogen-bond donors (Lipinski definition) is 0. The first-order valence-corrected chi connectivity index (χ1v) is 18.8. The molecule has 0 aliphatic rings. The van der Waals surface area contributed by atoms with Crippen molar-refractivity contribution in [1.82, 2.24) is 4.57 Å². The molecule has 3 nitrogen and oxygen atoms in total. The van der Waals surface area contributed by atoms with E-state index in [0.717, 1.165) is 50.3 Å². The standard InChI is InChI=1S/C52H34N2O/c1-3-15-35(16-4-1)40-24-13-17-36-18-14-25-44(52(36)40)41-21-7-10-26-47(41)53(39-30-32-51-46(34-39)43-23-9-12-28-50(43)55-51)38-29-31-49-45(33-38)42-22-8-11-27-48(42)54(49)37-19-5-2-6-20-37/h1-34H. The van der Waals surface area contributed by atoms with E-state index in [1.165, 1.54) is 49.3 Å². The zero-order chi connectivity index (χ0) is 36.3. The maximum absolute atomic E-state index is 6.32. The van der Waals surface area contributed by atoms with Crippen LogP contribution in [0.4, 0.5) is 17.1 Å². The first-order valence-electron chi connectivity index (χ1n) is 18.8. The Morgan fingerprint density at radius 1 is 0.382 bits per heavy atom. The summed E-state index contributed by atoms with van der Waals surface area (Å²) in [6.07, 6.45) is 0. The highest BCUT2D eigenvalue weighted by atomic mass is 16.3. The summed E-state index contributed by atoms with van der Waals surface area (Å²) >= 11 is 0. The summed E-state index contributed by atoms with van der Waals surface area (Å²) in [5.41, 5.74) is 13.3. The third-order valence-corrected chi connectivity index (χ3v) is 11.0. The van der Waals surface area contributed by atoms with E-state index in [4.69, 9.17) is 4.42 Å². The number of hydrogen-bond acceptors (Lipinski definition) is 2. The van der Waals surface area contributed by atoms with Gasteiger partial charge in [0, 0.05) is 44.2 Å². The Hall–Kier alpha value is -7.36. The van der Waals surface area contributed by atoms with Crippen molar-refractivity contribution in [3.63, 3.8) is 0 Å². The molecule has 11 aromatic rings. The quantitative estimate of drug-likeness (QED) is 0.172. The molecule has 2 aromatic heterocycles. The molecular formula is C52H34N2O. The second-order valence-electron chi connectivity index (χ2n) is 14.1. The Labute approximate surface area is 318 Å². The van der Waals surface area contributed by atoms with E-state index in [1.807, 2.05) is 12.1 Å². The molecule has 258 valence electrons. The van der Waals surface area contributed by atoms with Crippen molar-refractivity contribution >= 4 is 71.6 Å². The van der Waals surface area contributed by atoms with Crippen LogP contribution in [-0.2, 0) is 0 Å². The third kappa shape index (κ3) is 5.05. The van der Waals surface area contributed by atoms with Crippen molar-refractivity contribution in [3.05, 3.63) is 206 Å². The minimum absolute atomic E-state index is 0.876. The SMILES string of the molecule is c1ccc(-c2cccc3cccc(-c4ccccc4N(c4ccc5oc6ccccc6c5c4)c4ccc5c(c4)c4ccccc4n5-c4ccccc4)c23)cc1. The average Bonchev–Trinajstić information content (AvgIpc) is 3.79. The Morgan fingerprint density at radius 3 is 1.82 bits per heavy atom. The fraction of sp³-hybridized carbons (Fsp3) is 0. The van der Waals surface area contributed by atoms with Crippen LogP contribution in [0.5, 0.6) is 0 Å². The lowest BCUT2D eigenvalue weighted by molar-refractivity contribution is 0.669. The van der Waals surface area contributed by atoms with Gasteiger partial charge in [-0.05, 0) is 94.2 Å². The normalized spacial score (nSPS) is 11.6. The van der Waals surface area contributed by atoms with Gasteiger partial charge in [-0.25, -0.2) is 0 Å². The van der Waals surface area contributed by atoms with Gasteiger partial charge >= 0.3 is 0 Å². The highest BCUT2D eigenvalue weighted by molar-refractivity contribution is 6.13. The van der Waals surface area contributed by atoms with Crippen molar-refractivity contribution in [2.75, 3.05) is 4.90 Å². The second kappa shape index (κ2) is 12.6. The van der Waals surface area contributed by atoms with Gasteiger partial charge in [-0.2, -0.15) is 0 Å². The van der Waals surface area contributed by atoms with Gasteiger partial charge in [0.2, 0.25) is 0 Å². The van der Waals surface area contributed by atoms with Crippen LogP contribution in [0.15, 0.2) is 211 Å². The second-order valence-corrected chi connectivity index (χ2v) is 14.1. The predicted octanol–water partition coefficient (Wildman–Crippen LogP) is 14.6. The van der Waals surface area contributed by atoms with Crippen molar-refractivity contribution in [2.45, 2.75) is 0 Å². The van der Waals surface area contributed by atoms with E-state index >= 15 is 0 Å². The molecule has 11 rings (SSSR count). The first kappa shape index (κ1) is 31.2. The summed E-state index contributed by atoms with van der Waals surface area (Å²) in [7, 11) is 0. The molecule has 0 spiro atoms. The molecule has 0 unspecified atom stereocenters. The molecule has 0 amide bonds. The van der Waals surface area contributed by atoms with E-state index in [0.29, 0.717) is 0 Å². The number of benzene rings is 9. The average molecular weight is 703 g/mol. The molecule has 0 radical (unpaired) electrons. The molecule has 55 heavy (non-hydrogen) atoms. The van der Waals surface area contributed by atoms with Gasteiger partial charge in [-0.15, -0.1) is 0 Å². The number of nitrogens with zero attached hydrogens (tertiary/aromatic N) is 2. The number of anilines is 3. The molecule has 0 N–H and O–H groups in total. The minimum Gasteiger partial charge on any atom is -0.456 e. The molecule has 3 heteroatoms. The number of furan rings is 1. The Kier molecular flexibility index (Phi) is 7.17. The lowest BCUT2D eigenvalue weighted by Gasteiger charge is -2.28. The number of aromatic nitrogens is 1. The maximum atomic E-state index is 6.32. The van der Waals surface area contributed by atoms with Crippen LogP contribution >= 0.6 is 0 Å². The number of para-hydroxylation sites is 4. The van der Waals surface area contributed by atoms with E-state index in [2.05, 4.69) is 204 Å². The van der Waals surface area contributed by atoms with Gasteiger partial charge in [0.05, 0.1) is 16.7 Å². The Morgan fingerprint density at radius 2 is 0.982 bits per heavy atom. The van der Waals surface area contributed by atoms with Gasteiger partial charge in [0.1, 0.15) is 11.2 Å². The fourth-order valence-electron chi connectivity index (χ4n) is 8.56. The lowest BCUT2D eigenvalue weighted by Crippen LogP contribution is -2.11. The smallest absolute Gasteiger partial charge is 0.135 e. The van der Waals surface area contributed by atoms with Crippen molar-refractivity contribution in [1.29, 1.82) is 0 Å². The van der Waals surface area contributed by atoms with E-state index in [1.54, 1.807) is 0 Å². The molecule has 2 heterocycles. The minimum atomic E-state index is 0.876. The van der Waals surface area contributed by atoms with Crippen LogP contribution in [0.25, 0.3) is 82.5 Å². The zero-order valence-corrected chi connectivity index (χ0v) is 29.9. The summed E-state index contributed by atoms with van der Waals surface area (Å²) in [6.45, 7) is 0. The van der Waals surface area contributed by atoms with Crippen LogP contribution < -0.4 is 4.90 Å². The van der Waals surface area contributed by atoms with E-state index in [-0.39, 0.29) is 0 Å². The van der Waals surface area contributed by atoms with Gasteiger partial charge in [-0.3, -0.25) is 0 Å². The summed E-state index contributed by atoms with van der Waals surface area (Å²) in [4.78, 5) is 2.43. The summed E-state index contributed by atoms with van der Waals surface area (Å²) in [6, 6.07) is 74.1. The highest BCUT2D eigenvalue weighted by Crippen LogP contribution is 2.47. The monoisotopic (exact) mass is 702 g/mol. The molecule has 0 aliphatic heterocycles. The first-order chi connectivity index (χ1) is 27.3. The molecule has 0 atom stereocenters. The van der Waals surface area contributed by atoms with Crippen molar-refractivity contribution < 1.29 is 4.42 Å². The highest BCUT2D eigenvalue weighted by Gasteiger charge is 2.22. The number of rotatable bonds is 6. The van der Waals surface area contributed by atoms with Crippen LogP contribution in [0, 0.1) is 0 Å². The van der Waals surface area contributed by atoms with Crippen LogP contribution in [0.1, 0.15) is 0 Å². The van der Waals surface area contributed by atoms with Crippen LogP contribution in [0.3, 0.4) is 0 Å². The van der Waals surface area contributed by atoms with Gasteiger partial charge in [0.15, 0.2) is 0 Å². The van der Waals surface area contributed by atoms with E-state index in [9.17, 15) is 0 Å². The third-order valence-electron chi connectivity index (χ3n) is 11.0. The molecule has 0 fully saturated rings. The summed E-state index contributed by atoms with van der Waals surface area (Å²) in [5, 5.41) is 7.06. The lowest BCUT2D eigenvalue weighted by atomic mass is 9.90. The Bertz CT molecular complexity index is 3200. The van der Waals surface area contributed by atoms with E-state index < -0.39 is 0 Å². The number of fused-ring (bicyclic) bond motifs is 7. The summed E-state index contributed by atoms with van der Waals surface area (Å²) < 4.78 is 8.70. The molecule has 0 saturated heterocycles. The maximum Gasteiger partial charge on any atom is 0.135 e. The zero-order valence-electron chi connectivity index (χ0n) is 29.9. The summed E-state index contributed by atoms with van der Waals surface area (Å²) in [5.74, 6) is 0. The molecule has 0 aliphatic carbocycles. The van der Waals surface area contributed by atoms with Crippen molar-refractivity contribution in [3.8, 4) is 27.9 Å². The molecule has 0 bridgehead atoms. The largest absolute Gasteiger partial charge is 0.456 e. The van der Waals surface area contributed by atoms with Gasteiger partial charge in [-0.1, -0.05) is 140 Å². The Balaban J connectivity index is 1.20. The fourth-order valence-corrected chi connectivity index (χ4v) is 8.56. The van der Waals surface area contributed by atoms with Crippen LogP contribution in [-0.4, -0.2) is 4.57 Å². The molecular weight excluding hydrogens is 669 g/mol. The molecule has 0 saturated carbocycles. The van der Waals surface area contributed by atoms with Crippen molar-refractivity contribution in [2.24, 2.45) is 0 Å². The van der Waals surface area contributed by atoms with Gasteiger partial charge < -0.3 is 13.9 Å².